The monoisotopic (exact) mass is 246 g/mol. The van der Waals surface area contributed by atoms with E-state index in [0.29, 0.717) is 19.8 Å². The number of carbonyl (C=O) groups excluding carboxylic acids is 1. The zero-order valence-electron chi connectivity index (χ0n) is 11.7. The van der Waals surface area contributed by atoms with E-state index < -0.39 is 0 Å². The third-order valence-corrected chi connectivity index (χ3v) is 2.28. The van der Waals surface area contributed by atoms with Crippen molar-refractivity contribution in [2.45, 2.75) is 32.9 Å². The Morgan fingerprint density at radius 3 is 2.53 bits per heavy atom. The molecule has 0 rings (SSSR count). The number of rotatable bonds is 9. The number of likely N-dealkylation sites (N-methyl/N-ethyl adjacent to an activating group) is 1. The predicted molar refractivity (Wildman–Crippen MR) is 68.1 cm³/mol. The molecular formula is C12H26N2O3. The maximum atomic E-state index is 11.7. The van der Waals surface area contributed by atoms with Gasteiger partial charge in [-0.2, -0.15) is 0 Å². The minimum atomic E-state index is -0.281. The van der Waals surface area contributed by atoms with E-state index in [2.05, 4.69) is 10.2 Å². The van der Waals surface area contributed by atoms with Gasteiger partial charge in [0.15, 0.2) is 0 Å². The first-order valence-electron chi connectivity index (χ1n) is 6.11. The molecule has 0 aromatic heterocycles. The molecule has 0 saturated heterocycles. The van der Waals surface area contributed by atoms with Crippen LogP contribution in [-0.2, 0) is 14.3 Å². The molecule has 5 heteroatoms. The molecule has 0 bridgehead atoms. The van der Waals surface area contributed by atoms with Crippen LogP contribution in [-0.4, -0.2) is 63.4 Å². The largest absolute Gasteiger partial charge is 0.465 e. The second-order valence-electron chi connectivity index (χ2n) is 4.38. The van der Waals surface area contributed by atoms with Crippen LogP contribution < -0.4 is 5.32 Å². The van der Waals surface area contributed by atoms with Gasteiger partial charge in [0.2, 0.25) is 0 Å². The molecule has 102 valence electrons. The molecule has 0 aliphatic heterocycles. The highest BCUT2D eigenvalue weighted by molar-refractivity contribution is 5.76. The summed E-state index contributed by atoms with van der Waals surface area (Å²) in [5.41, 5.74) is 0. The fourth-order valence-corrected chi connectivity index (χ4v) is 1.49. The smallest absolute Gasteiger partial charge is 0.324 e. The van der Waals surface area contributed by atoms with Crippen LogP contribution in [0.15, 0.2) is 0 Å². The van der Waals surface area contributed by atoms with Gasteiger partial charge < -0.3 is 19.7 Å². The molecule has 0 aliphatic carbocycles. The number of methoxy groups -OCH3 is 1. The van der Waals surface area contributed by atoms with Crippen molar-refractivity contribution in [3.8, 4) is 0 Å². The first-order valence-corrected chi connectivity index (χ1v) is 6.11. The van der Waals surface area contributed by atoms with E-state index in [4.69, 9.17) is 9.47 Å². The average Bonchev–Trinajstić information content (AvgIpc) is 2.25. The van der Waals surface area contributed by atoms with Crippen molar-refractivity contribution in [1.29, 1.82) is 0 Å². The summed E-state index contributed by atoms with van der Waals surface area (Å²) in [7, 11) is 3.64. The maximum absolute atomic E-state index is 11.7. The lowest BCUT2D eigenvalue weighted by Gasteiger charge is -2.25. The summed E-state index contributed by atoms with van der Waals surface area (Å²) < 4.78 is 10.1. The van der Waals surface area contributed by atoms with Crippen LogP contribution in [0.3, 0.4) is 0 Å². The lowest BCUT2D eigenvalue weighted by atomic mass is 10.2. The first-order chi connectivity index (χ1) is 8.01. The van der Waals surface area contributed by atoms with Crippen LogP contribution in [0, 0.1) is 0 Å². The van der Waals surface area contributed by atoms with Crippen LogP contribution >= 0.6 is 0 Å². The molecule has 17 heavy (non-hydrogen) atoms. The van der Waals surface area contributed by atoms with Gasteiger partial charge in [0.1, 0.15) is 6.04 Å². The van der Waals surface area contributed by atoms with E-state index in [1.54, 1.807) is 7.11 Å². The van der Waals surface area contributed by atoms with E-state index >= 15 is 0 Å². The molecule has 5 nitrogen and oxygen atoms in total. The van der Waals surface area contributed by atoms with Crippen molar-refractivity contribution in [3.63, 3.8) is 0 Å². The Balaban J connectivity index is 4.21. The van der Waals surface area contributed by atoms with Gasteiger partial charge in [-0.3, -0.25) is 4.79 Å². The molecule has 1 N–H and O–H groups in total. The third kappa shape index (κ3) is 8.12. The number of carbonyl (C=O) groups is 1. The molecule has 1 unspecified atom stereocenters. The van der Waals surface area contributed by atoms with Gasteiger partial charge in [-0.25, -0.2) is 0 Å². The van der Waals surface area contributed by atoms with E-state index in [1.165, 1.54) is 0 Å². The van der Waals surface area contributed by atoms with Crippen molar-refractivity contribution in [2.24, 2.45) is 0 Å². The normalized spacial score (nSPS) is 13.1. The highest BCUT2D eigenvalue weighted by Crippen LogP contribution is 1.96. The van der Waals surface area contributed by atoms with Gasteiger partial charge in [0.05, 0.1) is 13.2 Å². The zero-order chi connectivity index (χ0) is 13.3. The zero-order valence-corrected chi connectivity index (χ0v) is 11.7. The highest BCUT2D eigenvalue weighted by Gasteiger charge is 2.21. The molecule has 0 aromatic rings. The van der Waals surface area contributed by atoms with E-state index in [0.717, 1.165) is 6.54 Å². The topological polar surface area (TPSA) is 50.8 Å². The van der Waals surface area contributed by atoms with Crippen LogP contribution in [0.25, 0.3) is 0 Å². The summed E-state index contributed by atoms with van der Waals surface area (Å²) in [5.74, 6) is -0.189. The number of hydrogen-bond donors (Lipinski definition) is 1. The summed E-state index contributed by atoms with van der Waals surface area (Å²) >= 11 is 0. The van der Waals surface area contributed by atoms with E-state index in [-0.39, 0.29) is 18.1 Å². The summed E-state index contributed by atoms with van der Waals surface area (Å²) in [6.07, 6.45) is 0. The quantitative estimate of drug-likeness (QED) is 0.600. The maximum Gasteiger partial charge on any atom is 0.324 e. The lowest BCUT2D eigenvalue weighted by Crippen LogP contribution is -2.49. The molecule has 0 amide bonds. The van der Waals surface area contributed by atoms with Crippen molar-refractivity contribution in [2.75, 3.05) is 40.5 Å². The summed E-state index contributed by atoms with van der Waals surface area (Å²) in [6.45, 7) is 8.35. The second kappa shape index (κ2) is 9.39. The third-order valence-electron chi connectivity index (χ3n) is 2.28. The Hall–Kier alpha value is -0.650. The van der Waals surface area contributed by atoms with Gasteiger partial charge in [-0.1, -0.05) is 13.8 Å². The lowest BCUT2D eigenvalue weighted by molar-refractivity contribution is -0.146. The molecule has 0 aromatic carbocycles. The summed E-state index contributed by atoms with van der Waals surface area (Å²) in [5, 5.41) is 3.21. The SMILES string of the molecule is CCOC(=O)C(CN(C)CCOC)NC(C)C. The Labute approximate surface area is 104 Å². The predicted octanol–water partition coefficient (Wildman–Crippen LogP) is 0.494. The number of hydrogen-bond acceptors (Lipinski definition) is 5. The number of nitrogens with one attached hydrogen (secondary N) is 1. The Bertz CT molecular complexity index is 210. The molecule has 1 atom stereocenters. The van der Waals surface area contributed by atoms with Crippen LogP contribution in [0.1, 0.15) is 20.8 Å². The van der Waals surface area contributed by atoms with Crippen molar-refractivity contribution < 1.29 is 14.3 Å². The standard InChI is InChI=1S/C12H26N2O3/c1-6-17-12(15)11(13-10(2)3)9-14(4)7-8-16-5/h10-11,13H,6-9H2,1-5H3. The average molecular weight is 246 g/mol. The Morgan fingerprint density at radius 1 is 1.41 bits per heavy atom. The second-order valence-corrected chi connectivity index (χ2v) is 4.38. The highest BCUT2D eigenvalue weighted by atomic mass is 16.5. The van der Waals surface area contributed by atoms with Crippen LogP contribution in [0.4, 0.5) is 0 Å². The van der Waals surface area contributed by atoms with Gasteiger partial charge >= 0.3 is 5.97 Å². The van der Waals surface area contributed by atoms with Crippen LogP contribution in [0.2, 0.25) is 0 Å². The Kier molecular flexibility index (Phi) is 9.03. The van der Waals surface area contributed by atoms with Crippen molar-refractivity contribution in [1.82, 2.24) is 10.2 Å². The number of nitrogens with zero attached hydrogens (tertiary/aromatic N) is 1. The van der Waals surface area contributed by atoms with Gasteiger partial charge in [0, 0.05) is 26.2 Å². The molecule has 0 radical (unpaired) electrons. The fourth-order valence-electron chi connectivity index (χ4n) is 1.49. The fraction of sp³-hybridized carbons (Fsp3) is 0.917. The molecule has 0 heterocycles. The number of esters is 1. The van der Waals surface area contributed by atoms with Crippen molar-refractivity contribution >= 4 is 5.97 Å². The van der Waals surface area contributed by atoms with Gasteiger partial charge in [-0.15, -0.1) is 0 Å². The minimum Gasteiger partial charge on any atom is -0.465 e. The minimum absolute atomic E-state index is 0.189. The van der Waals surface area contributed by atoms with Gasteiger partial charge in [0.25, 0.3) is 0 Å². The summed E-state index contributed by atoms with van der Waals surface area (Å²) in [4.78, 5) is 13.8. The molecule has 0 fully saturated rings. The first kappa shape index (κ1) is 16.4. The molecule has 0 aliphatic rings. The van der Waals surface area contributed by atoms with Crippen LogP contribution in [0.5, 0.6) is 0 Å². The number of ether oxygens (including phenoxy) is 2. The van der Waals surface area contributed by atoms with E-state index in [9.17, 15) is 4.79 Å². The van der Waals surface area contributed by atoms with Gasteiger partial charge in [-0.05, 0) is 14.0 Å². The summed E-state index contributed by atoms with van der Waals surface area (Å²) in [6, 6.07) is -0.0305. The Morgan fingerprint density at radius 2 is 2.06 bits per heavy atom. The molecule has 0 saturated carbocycles. The molecular weight excluding hydrogens is 220 g/mol. The van der Waals surface area contributed by atoms with E-state index in [1.807, 2.05) is 27.8 Å². The molecule has 0 spiro atoms. The van der Waals surface area contributed by atoms with Crippen molar-refractivity contribution in [3.05, 3.63) is 0 Å².